The van der Waals surface area contributed by atoms with Gasteiger partial charge in [-0.3, -0.25) is 9.59 Å². The summed E-state index contributed by atoms with van der Waals surface area (Å²) < 4.78 is 16.8. The summed E-state index contributed by atoms with van der Waals surface area (Å²) in [6.07, 6.45) is -0.250. The van der Waals surface area contributed by atoms with Crippen molar-refractivity contribution >= 4 is 11.7 Å². The van der Waals surface area contributed by atoms with Crippen LogP contribution in [0.1, 0.15) is 17.3 Å². The van der Waals surface area contributed by atoms with Crippen LogP contribution in [0, 0.1) is 0 Å². The molecule has 130 valence electrons. The lowest BCUT2D eigenvalue weighted by molar-refractivity contribution is -0.123. The van der Waals surface area contributed by atoms with Crippen LogP contribution in [0.15, 0.2) is 48.5 Å². The molecule has 0 bridgehead atoms. The van der Waals surface area contributed by atoms with Gasteiger partial charge in [0.2, 0.25) is 0 Å². The predicted molar refractivity (Wildman–Crippen MR) is 91.3 cm³/mol. The minimum Gasteiger partial charge on any atom is -0.486 e. The topological polar surface area (TPSA) is 73.9 Å². The monoisotopic (exact) mass is 341 g/mol. The number of ether oxygens (including phenoxy) is 3. The van der Waals surface area contributed by atoms with Gasteiger partial charge in [-0.25, -0.2) is 0 Å². The Morgan fingerprint density at radius 3 is 2.76 bits per heavy atom. The minimum atomic E-state index is -0.268. The first-order valence-corrected chi connectivity index (χ1v) is 8.01. The highest BCUT2D eigenvalue weighted by Crippen LogP contribution is 2.30. The third-order valence-corrected chi connectivity index (χ3v) is 3.70. The largest absolute Gasteiger partial charge is 0.486 e. The highest BCUT2D eigenvalue weighted by molar-refractivity contribution is 5.94. The Hall–Kier alpha value is -3.02. The minimum absolute atomic E-state index is 0.0513. The molecule has 1 heterocycles. The normalized spacial score (nSPS) is 15.3. The summed E-state index contributed by atoms with van der Waals surface area (Å²) in [5.74, 6) is 1.54. The molecule has 0 spiro atoms. The van der Waals surface area contributed by atoms with Crippen LogP contribution in [0.5, 0.6) is 17.2 Å². The van der Waals surface area contributed by atoms with Crippen LogP contribution in [0.25, 0.3) is 0 Å². The van der Waals surface area contributed by atoms with E-state index < -0.39 is 0 Å². The van der Waals surface area contributed by atoms with Crippen molar-refractivity contribution in [2.75, 3.05) is 19.8 Å². The molecule has 0 fully saturated rings. The number of carbonyl (C=O) groups is 2. The van der Waals surface area contributed by atoms with E-state index in [0.29, 0.717) is 36.0 Å². The van der Waals surface area contributed by atoms with E-state index in [9.17, 15) is 9.59 Å². The zero-order valence-electron chi connectivity index (χ0n) is 13.9. The van der Waals surface area contributed by atoms with E-state index in [-0.39, 0.29) is 24.4 Å². The van der Waals surface area contributed by atoms with Crippen molar-refractivity contribution in [3.8, 4) is 17.2 Å². The van der Waals surface area contributed by atoms with Crippen LogP contribution >= 0.6 is 0 Å². The first-order chi connectivity index (χ1) is 12.1. The maximum Gasteiger partial charge on any atom is 0.258 e. The van der Waals surface area contributed by atoms with Crippen molar-refractivity contribution in [3.05, 3.63) is 54.1 Å². The van der Waals surface area contributed by atoms with Gasteiger partial charge in [0.1, 0.15) is 18.5 Å². The van der Waals surface area contributed by atoms with Crippen molar-refractivity contribution < 1.29 is 23.8 Å². The molecule has 0 radical (unpaired) electrons. The number of hydrogen-bond donors (Lipinski definition) is 1. The van der Waals surface area contributed by atoms with Gasteiger partial charge in [0.05, 0.1) is 6.54 Å². The number of rotatable bonds is 6. The Bertz CT molecular complexity index is 774. The second-order valence-corrected chi connectivity index (χ2v) is 5.67. The van der Waals surface area contributed by atoms with E-state index in [4.69, 9.17) is 14.2 Å². The molecule has 2 aromatic carbocycles. The summed E-state index contributed by atoms with van der Waals surface area (Å²) in [4.78, 5) is 23.3. The van der Waals surface area contributed by atoms with Crippen LogP contribution in [-0.4, -0.2) is 37.6 Å². The second-order valence-electron chi connectivity index (χ2n) is 5.67. The van der Waals surface area contributed by atoms with Crippen molar-refractivity contribution in [2.24, 2.45) is 0 Å². The Labute approximate surface area is 145 Å². The van der Waals surface area contributed by atoms with Crippen molar-refractivity contribution in [1.29, 1.82) is 0 Å². The fourth-order valence-electron chi connectivity index (χ4n) is 2.40. The number of hydrogen-bond acceptors (Lipinski definition) is 5. The van der Waals surface area contributed by atoms with E-state index in [1.807, 2.05) is 24.3 Å². The number of nitrogens with one attached hydrogen (secondary N) is 1. The third kappa shape index (κ3) is 4.50. The molecule has 2 aromatic rings. The molecular formula is C19H19NO5. The lowest BCUT2D eigenvalue weighted by Crippen LogP contribution is -2.42. The van der Waals surface area contributed by atoms with E-state index in [2.05, 4.69) is 5.32 Å². The molecule has 3 rings (SSSR count). The molecule has 0 aliphatic carbocycles. The number of benzene rings is 2. The van der Waals surface area contributed by atoms with Gasteiger partial charge in [-0.2, -0.15) is 0 Å². The van der Waals surface area contributed by atoms with Crippen molar-refractivity contribution in [1.82, 2.24) is 5.32 Å². The number of amides is 1. The summed E-state index contributed by atoms with van der Waals surface area (Å²) >= 11 is 0. The Morgan fingerprint density at radius 1 is 1.16 bits per heavy atom. The average molecular weight is 341 g/mol. The van der Waals surface area contributed by atoms with Crippen LogP contribution in [0.4, 0.5) is 0 Å². The lowest BCUT2D eigenvalue weighted by Gasteiger charge is -2.26. The Morgan fingerprint density at radius 2 is 1.96 bits per heavy atom. The predicted octanol–water partition coefficient (Wildman–Crippen LogP) is 2.22. The number of para-hydroxylation sites is 2. The van der Waals surface area contributed by atoms with Crippen molar-refractivity contribution in [3.63, 3.8) is 0 Å². The molecule has 1 amide bonds. The quantitative estimate of drug-likeness (QED) is 0.816. The second kappa shape index (κ2) is 7.70. The maximum atomic E-state index is 11.9. The van der Waals surface area contributed by atoms with Crippen LogP contribution in [-0.2, 0) is 4.79 Å². The van der Waals surface area contributed by atoms with Gasteiger partial charge < -0.3 is 19.5 Å². The smallest absolute Gasteiger partial charge is 0.258 e. The van der Waals surface area contributed by atoms with Crippen LogP contribution in [0.2, 0.25) is 0 Å². The highest BCUT2D eigenvalue weighted by atomic mass is 16.6. The molecular weight excluding hydrogens is 322 g/mol. The van der Waals surface area contributed by atoms with Gasteiger partial charge in [-0.1, -0.05) is 24.3 Å². The molecule has 6 nitrogen and oxygen atoms in total. The third-order valence-electron chi connectivity index (χ3n) is 3.70. The first-order valence-electron chi connectivity index (χ1n) is 8.01. The molecule has 1 aliphatic heterocycles. The summed E-state index contributed by atoms with van der Waals surface area (Å²) in [5, 5.41) is 2.75. The average Bonchev–Trinajstić information content (AvgIpc) is 2.64. The number of carbonyl (C=O) groups excluding carboxylic acids is 2. The molecule has 6 heteroatoms. The van der Waals surface area contributed by atoms with Gasteiger partial charge in [-0.15, -0.1) is 0 Å². The molecule has 0 saturated heterocycles. The van der Waals surface area contributed by atoms with Crippen LogP contribution in [0.3, 0.4) is 0 Å². The Balaban J connectivity index is 1.44. The van der Waals surface area contributed by atoms with Crippen LogP contribution < -0.4 is 19.5 Å². The lowest BCUT2D eigenvalue weighted by atomic mass is 10.1. The number of Topliss-reactive ketones (excluding diaryl/α,β-unsaturated/α-hetero) is 1. The summed E-state index contributed by atoms with van der Waals surface area (Å²) in [6, 6.07) is 14.2. The van der Waals surface area contributed by atoms with Crippen molar-refractivity contribution in [2.45, 2.75) is 13.0 Å². The molecule has 0 aromatic heterocycles. The van der Waals surface area contributed by atoms with E-state index in [0.717, 1.165) is 0 Å². The first kappa shape index (κ1) is 16.8. The fraction of sp³-hybridized carbons (Fsp3) is 0.263. The molecule has 1 N–H and O–H groups in total. The zero-order chi connectivity index (χ0) is 17.6. The van der Waals surface area contributed by atoms with Gasteiger partial charge in [0, 0.05) is 5.56 Å². The van der Waals surface area contributed by atoms with Gasteiger partial charge in [0.15, 0.2) is 23.9 Å². The molecule has 1 atom stereocenters. The maximum absolute atomic E-state index is 11.9. The molecule has 1 aliphatic rings. The SMILES string of the molecule is CC(=O)c1cccc(OCC(=O)NC[C@H]2COc3ccccc3O2)c1. The highest BCUT2D eigenvalue weighted by Gasteiger charge is 2.21. The Kier molecular flexibility index (Phi) is 5.18. The van der Waals surface area contributed by atoms with Gasteiger partial charge >= 0.3 is 0 Å². The van der Waals surface area contributed by atoms with E-state index in [1.54, 1.807) is 24.3 Å². The summed E-state index contributed by atoms with van der Waals surface area (Å²) in [5.41, 5.74) is 0.546. The van der Waals surface area contributed by atoms with E-state index >= 15 is 0 Å². The summed E-state index contributed by atoms with van der Waals surface area (Å²) in [6.45, 7) is 2.05. The molecule has 25 heavy (non-hydrogen) atoms. The zero-order valence-corrected chi connectivity index (χ0v) is 13.9. The fourth-order valence-corrected chi connectivity index (χ4v) is 2.40. The molecule has 0 saturated carbocycles. The number of ketones is 1. The molecule has 0 unspecified atom stereocenters. The standard InChI is InChI=1S/C19H19NO5/c1-13(21)14-5-4-6-15(9-14)23-12-19(22)20-10-16-11-24-17-7-2-3-8-18(17)25-16/h2-9,16H,10-12H2,1H3,(H,20,22)/t16-/m0/s1. The summed E-state index contributed by atoms with van der Waals surface area (Å²) in [7, 11) is 0. The number of fused-ring (bicyclic) bond motifs is 1. The van der Waals surface area contributed by atoms with Gasteiger partial charge in [-0.05, 0) is 31.2 Å². The van der Waals surface area contributed by atoms with E-state index in [1.165, 1.54) is 6.92 Å². The van der Waals surface area contributed by atoms with Gasteiger partial charge in [0.25, 0.3) is 5.91 Å².